The highest BCUT2D eigenvalue weighted by Gasteiger charge is 2.29. The van der Waals surface area contributed by atoms with E-state index < -0.39 is 0 Å². The zero-order chi connectivity index (χ0) is 17.6. The van der Waals surface area contributed by atoms with E-state index in [1.54, 1.807) is 7.11 Å². The average molecular weight is 375 g/mol. The highest BCUT2D eigenvalue weighted by atomic mass is 35.5. The molecule has 2 atom stereocenters. The van der Waals surface area contributed by atoms with E-state index in [1.165, 1.54) is 0 Å². The van der Waals surface area contributed by atoms with Crippen LogP contribution in [0.3, 0.4) is 0 Å². The molecule has 1 amide bonds. The number of rotatable bonds is 5. The summed E-state index contributed by atoms with van der Waals surface area (Å²) in [5, 5.41) is 3.42. The fourth-order valence-corrected chi connectivity index (χ4v) is 3.40. The summed E-state index contributed by atoms with van der Waals surface area (Å²) >= 11 is 0. The summed E-state index contributed by atoms with van der Waals surface area (Å²) in [6.07, 6.45) is 1.78. The number of ether oxygens (including phenoxy) is 1. The first-order valence-electron chi connectivity index (χ1n) is 8.90. The lowest BCUT2D eigenvalue weighted by Crippen LogP contribution is -2.44. The third-order valence-corrected chi connectivity index (χ3v) is 4.81. The summed E-state index contributed by atoms with van der Waals surface area (Å²) < 4.78 is 5.25. The number of amides is 1. The first-order valence-corrected chi connectivity index (χ1v) is 8.90. The highest BCUT2D eigenvalue weighted by Crippen LogP contribution is 2.26. The third-order valence-electron chi connectivity index (χ3n) is 4.81. The number of carbonyl (C=O) groups is 1. The molecule has 0 spiro atoms. The SMILES string of the molecule is COc1ccc(N(Cc2ccccc2)C(=O)[C@H]2CCN[C@@H](C)C2)cc1.Cl. The van der Waals surface area contributed by atoms with Gasteiger partial charge in [0.25, 0.3) is 0 Å². The minimum Gasteiger partial charge on any atom is -0.497 e. The van der Waals surface area contributed by atoms with Gasteiger partial charge in [-0.3, -0.25) is 4.79 Å². The first kappa shape index (κ1) is 20.3. The van der Waals surface area contributed by atoms with Crippen LogP contribution in [0.2, 0.25) is 0 Å². The maximum atomic E-state index is 13.3. The quantitative estimate of drug-likeness (QED) is 0.858. The number of piperidine rings is 1. The summed E-state index contributed by atoms with van der Waals surface area (Å²) in [7, 11) is 1.65. The van der Waals surface area contributed by atoms with Crippen LogP contribution in [0.5, 0.6) is 5.75 Å². The Morgan fingerprint density at radius 3 is 2.46 bits per heavy atom. The highest BCUT2D eigenvalue weighted by molar-refractivity contribution is 5.95. The average Bonchev–Trinajstić information content (AvgIpc) is 2.66. The van der Waals surface area contributed by atoms with Gasteiger partial charge in [0.2, 0.25) is 5.91 Å². The Balaban J connectivity index is 0.00000243. The van der Waals surface area contributed by atoms with Gasteiger partial charge >= 0.3 is 0 Å². The van der Waals surface area contributed by atoms with Gasteiger partial charge in [0.05, 0.1) is 13.7 Å². The van der Waals surface area contributed by atoms with Crippen molar-refractivity contribution in [3.63, 3.8) is 0 Å². The van der Waals surface area contributed by atoms with Crippen LogP contribution in [0.15, 0.2) is 54.6 Å². The van der Waals surface area contributed by atoms with Crippen molar-refractivity contribution in [2.75, 3.05) is 18.6 Å². The van der Waals surface area contributed by atoms with Crippen LogP contribution in [0, 0.1) is 5.92 Å². The zero-order valence-corrected chi connectivity index (χ0v) is 16.2. The Morgan fingerprint density at radius 2 is 1.85 bits per heavy atom. The molecule has 1 N–H and O–H groups in total. The standard InChI is InChI=1S/C21H26N2O2.ClH/c1-16-14-18(12-13-22-16)21(24)23(15-17-6-4-3-5-7-17)19-8-10-20(25-2)11-9-19;/h3-11,16,18,22H,12-15H2,1-2H3;1H/t16-,18-;/m0./s1. The second kappa shape index (κ2) is 9.60. The van der Waals surface area contributed by atoms with Crippen molar-refractivity contribution < 1.29 is 9.53 Å². The van der Waals surface area contributed by atoms with Crippen LogP contribution < -0.4 is 15.0 Å². The molecule has 2 aromatic rings. The molecule has 0 unspecified atom stereocenters. The van der Waals surface area contributed by atoms with E-state index in [0.29, 0.717) is 12.6 Å². The Bertz CT molecular complexity index is 691. The van der Waals surface area contributed by atoms with Crippen molar-refractivity contribution in [1.82, 2.24) is 5.32 Å². The van der Waals surface area contributed by atoms with E-state index in [9.17, 15) is 4.79 Å². The Labute approximate surface area is 162 Å². The molecule has 26 heavy (non-hydrogen) atoms. The van der Waals surface area contributed by atoms with E-state index in [2.05, 4.69) is 24.4 Å². The van der Waals surface area contributed by atoms with E-state index in [1.807, 2.05) is 47.4 Å². The molecule has 140 valence electrons. The maximum Gasteiger partial charge on any atom is 0.230 e. The molecule has 0 radical (unpaired) electrons. The lowest BCUT2D eigenvalue weighted by molar-refractivity contribution is -0.123. The maximum absolute atomic E-state index is 13.3. The van der Waals surface area contributed by atoms with E-state index in [4.69, 9.17) is 4.74 Å². The van der Waals surface area contributed by atoms with Crippen molar-refractivity contribution in [2.24, 2.45) is 5.92 Å². The van der Waals surface area contributed by atoms with Crippen LogP contribution in [-0.2, 0) is 11.3 Å². The number of halogens is 1. The second-order valence-corrected chi connectivity index (χ2v) is 6.68. The van der Waals surface area contributed by atoms with Gasteiger partial charge in [-0.15, -0.1) is 12.4 Å². The summed E-state index contributed by atoms with van der Waals surface area (Å²) in [6, 6.07) is 18.3. The van der Waals surface area contributed by atoms with Crippen molar-refractivity contribution in [2.45, 2.75) is 32.4 Å². The van der Waals surface area contributed by atoms with Gasteiger partial charge in [-0.1, -0.05) is 30.3 Å². The Kier molecular flexibility index (Phi) is 7.49. The van der Waals surface area contributed by atoms with Gasteiger partial charge in [0.15, 0.2) is 0 Å². The zero-order valence-electron chi connectivity index (χ0n) is 15.4. The van der Waals surface area contributed by atoms with Crippen molar-refractivity contribution in [3.8, 4) is 5.75 Å². The number of hydrogen-bond acceptors (Lipinski definition) is 3. The molecular formula is C21H27ClN2O2. The fourth-order valence-electron chi connectivity index (χ4n) is 3.40. The van der Waals surface area contributed by atoms with Crippen LogP contribution >= 0.6 is 12.4 Å². The van der Waals surface area contributed by atoms with E-state index >= 15 is 0 Å². The number of anilines is 1. The molecule has 1 fully saturated rings. The molecule has 0 saturated carbocycles. The van der Waals surface area contributed by atoms with Gasteiger partial charge in [-0.2, -0.15) is 0 Å². The normalized spacial score (nSPS) is 19.3. The first-order chi connectivity index (χ1) is 12.2. The summed E-state index contributed by atoms with van der Waals surface area (Å²) in [6.45, 7) is 3.64. The topological polar surface area (TPSA) is 41.6 Å². The minimum absolute atomic E-state index is 0. The molecule has 1 heterocycles. The molecule has 0 aromatic heterocycles. The lowest BCUT2D eigenvalue weighted by atomic mass is 9.91. The smallest absolute Gasteiger partial charge is 0.230 e. The molecule has 4 nitrogen and oxygen atoms in total. The molecule has 1 saturated heterocycles. The number of nitrogens with one attached hydrogen (secondary N) is 1. The number of methoxy groups -OCH3 is 1. The minimum atomic E-state index is 0. The fraction of sp³-hybridized carbons (Fsp3) is 0.381. The van der Waals surface area contributed by atoms with Crippen LogP contribution in [0.25, 0.3) is 0 Å². The lowest BCUT2D eigenvalue weighted by Gasteiger charge is -2.32. The van der Waals surface area contributed by atoms with Crippen molar-refractivity contribution in [1.29, 1.82) is 0 Å². The largest absolute Gasteiger partial charge is 0.497 e. The molecular weight excluding hydrogens is 348 g/mol. The number of benzene rings is 2. The summed E-state index contributed by atoms with van der Waals surface area (Å²) in [5.41, 5.74) is 2.05. The van der Waals surface area contributed by atoms with E-state index in [-0.39, 0.29) is 24.2 Å². The van der Waals surface area contributed by atoms with Gasteiger partial charge < -0.3 is 15.0 Å². The molecule has 0 bridgehead atoms. The summed E-state index contributed by atoms with van der Waals surface area (Å²) in [5.74, 6) is 1.08. The molecule has 1 aliphatic rings. The molecule has 0 aliphatic carbocycles. The Hall–Kier alpha value is -2.04. The molecule has 5 heteroatoms. The van der Waals surface area contributed by atoms with Crippen molar-refractivity contribution >= 4 is 24.0 Å². The van der Waals surface area contributed by atoms with Crippen LogP contribution in [0.4, 0.5) is 5.69 Å². The van der Waals surface area contributed by atoms with Crippen LogP contribution in [0.1, 0.15) is 25.3 Å². The second-order valence-electron chi connectivity index (χ2n) is 6.68. The molecule has 2 aromatic carbocycles. The number of nitrogens with zero attached hydrogens (tertiary/aromatic N) is 1. The number of hydrogen-bond donors (Lipinski definition) is 1. The van der Waals surface area contributed by atoms with Gasteiger partial charge in [0, 0.05) is 17.6 Å². The van der Waals surface area contributed by atoms with Crippen molar-refractivity contribution in [3.05, 3.63) is 60.2 Å². The third kappa shape index (κ3) is 4.99. The van der Waals surface area contributed by atoms with Gasteiger partial charge in [-0.25, -0.2) is 0 Å². The van der Waals surface area contributed by atoms with Crippen LogP contribution in [-0.4, -0.2) is 25.6 Å². The molecule has 3 rings (SSSR count). The van der Waals surface area contributed by atoms with Gasteiger partial charge in [-0.05, 0) is 56.1 Å². The summed E-state index contributed by atoms with van der Waals surface area (Å²) in [4.78, 5) is 15.2. The Morgan fingerprint density at radius 1 is 1.15 bits per heavy atom. The monoisotopic (exact) mass is 374 g/mol. The van der Waals surface area contributed by atoms with Gasteiger partial charge in [0.1, 0.15) is 5.75 Å². The molecule has 1 aliphatic heterocycles. The predicted molar refractivity (Wildman–Crippen MR) is 108 cm³/mol. The predicted octanol–water partition coefficient (Wildman–Crippen LogP) is 4.04. The number of carbonyl (C=O) groups excluding carboxylic acids is 1. The van der Waals surface area contributed by atoms with E-state index in [0.717, 1.165) is 36.4 Å².